The van der Waals surface area contributed by atoms with Crippen LogP contribution in [0.1, 0.15) is 32.1 Å². The summed E-state index contributed by atoms with van der Waals surface area (Å²) in [5.74, 6) is 0. The first-order valence-electron chi connectivity index (χ1n) is 7.00. The molecule has 0 radical (unpaired) electrons. The van der Waals surface area contributed by atoms with Gasteiger partial charge in [-0.05, 0) is 54.1 Å². The molecule has 2 fully saturated rings. The van der Waals surface area contributed by atoms with E-state index in [1.807, 2.05) is 0 Å². The average molecular weight is 340 g/mol. The molecule has 2 amide bonds. The standard InChI is InChI=1S/C14H18BrN3O2/c15-10-9-16-7-4-11(10)17-13(19)18-14(5-2-6-14)12-3-1-8-20-12/h4,7,9,12H,1-3,5-6,8H2,(H2,16,17,18,19). The molecule has 20 heavy (non-hydrogen) atoms. The third-order valence-corrected chi connectivity index (χ3v) is 4.81. The largest absolute Gasteiger partial charge is 0.376 e. The van der Waals surface area contributed by atoms with E-state index in [0.29, 0.717) is 0 Å². The number of rotatable bonds is 3. The van der Waals surface area contributed by atoms with Gasteiger partial charge in [-0.3, -0.25) is 4.98 Å². The molecule has 0 bridgehead atoms. The van der Waals surface area contributed by atoms with Crippen molar-refractivity contribution in [2.75, 3.05) is 11.9 Å². The summed E-state index contributed by atoms with van der Waals surface area (Å²) in [6.45, 7) is 0.811. The Labute approximate surface area is 126 Å². The highest BCUT2D eigenvalue weighted by molar-refractivity contribution is 9.10. The Bertz CT molecular complexity index is 499. The highest BCUT2D eigenvalue weighted by Gasteiger charge is 2.47. The number of ether oxygens (including phenoxy) is 1. The second-order valence-corrected chi connectivity index (χ2v) is 6.30. The second-order valence-electron chi connectivity index (χ2n) is 5.45. The molecule has 5 nitrogen and oxygen atoms in total. The van der Waals surface area contributed by atoms with Crippen LogP contribution in [0.25, 0.3) is 0 Å². The Morgan fingerprint density at radius 2 is 2.30 bits per heavy atom. The number of carbonyl (C=O) groups excluding carboxylic acids is 1. The van der Waals surface area contributed by atoms with E-state index in [1.54, 1.807) is 18.5 Å². The Hall–Kier alpha value is -1.14. The third-order valence-electron chi connectivity index (χ3n) is 4.17. The molecular formula is C14H18BrN3O2. The molecule has 0 aromatic carbocycles. The summed E-state index contributed by atoms with van der Waals surface area (Å²) in [6, 6.07) is 1.59. The number of aromatic nitrogens is 1. The van der Waals surface area contributed by atoms with Crippen molar-refractivity contribution in [3.05, 3.63) is 22.9 Å². The van der Waals surface area contributed by atoms with Crippen LogP contribution in [-0.4, -0.2) is 29.3 Å². The van der Waals surface area contributed by atoms with Gasteiger partial charge in [-0.1, -0.05) is 0 Å². The van der Waals surface area contributed by atoms with Crippen LogP contribution in [0.3, 0.4) is 0 Å². The van der Waals surface area contributed by atoms with E-state index in [1.165, 1.54) is 0 Å². The number of halogens is 1. The molecule has 1 aliphatic carbocycles. The molecule has 0 spiro atoms. The third kappa shape index (κ3) is 2.67. The molecule has 2 N–H and O–H groups in total. The van der Waals surface area contributed by atoms with Crippen molar-refractivity contribution in [2.45, 2.75) is 43.7 Å². The summed E-state index contributed by atoms with van der Waals surface area (Å²) in [5, 5.41) is 6.00. The van der Waals surface area contributed by atoms with Crippen molar-refractivity contribution >= 4 is 27.6 Å². The Kier molecular flexibility index (Phi) is 3.94. The van der Waals surface area contributed by atoms with Crippen molar-refractivity contribution in [3.8, 4) is 0 Å². The minimum absolute atomic E-state index is 0.167. The molecule has 2 heterocycles. The van der Waals surface area contributed by atoms with Crippen LogP contribution in [0.4, 0.5) is 10.5 Å². The highest BCUT2D eigenvalue weighted by Crippen LogP contribution is 2.40. The van der Waals surface area contributed by atoms with Gasteiger partial charge in [0.05, 0.1) is 21.8 Å². The van der Waals surface area contributed by atoms with E-state index in [-0.39, 0.29) is 17.7 Å². The first kappa shape index (κ1) is 13.8. The van der Waals surface area contributed by atoms with E-state index in [9.17, 15) is 4.79 Å². The van der Waals surface area contributed by atoms with Crippen molar-refractivity contribution in [2.24, 2.45) is 0 Å². The second kappa shape index (κ2) is 5.69. The minimum atomic E-state index is -0.174. The van der Waals surface area contributed by atoms with E-state index in [2.05, 4.69) is 31.5 Å². The quantitative estimate of drug-likeness (QED) is 0.889. The first-order valence-corrected chi connectivity index (χ1v) is 7.79. The molecule has 108 valence electrons. The van der Waals surface area contributed by atoms with Crippen LogP contribution in [-0.2, 0) is 4.74 Å². The van der Waals surface area contributed by atoms with Crippen molar-refractivity contribution in [1.29, 1.82) is 0 Å². The lowest BCUT2D eigenvalue weighted by Crippen LogP contribution is -2.61. The fourth-order valence-corrected chi connectivity index (χ4v) is 3.30. The highest BCUT2D eigenvalue weighted by atomic mass is 79.9. The number of amides is 2. The number of urea groups is 1. The number of nitrogens with zero attached hydrogens (tertiary/aromatic N) is 1. The van der Waals surface area contributed by atoms with E-state index in [0.717, 1.165) is 48.9 Å². The molecule has 1 aromatic heterocycles. The maximum atomic E-state index is 12.2. The summed E-state index contributed by atoms with van der Waals surface area (Å²) in [7, 11) is 0. The number of pyridine rings is 1. The number of carbonyl (C=O) groups is 1. The van der Waals surface area contributed by atoms with Gasteiger partial charge in [0, 0.05) is 19.0 Å². The minimum Gasteiger partial charge on any atom is -0.376 e. The molecule has 2 aliphatic rings. The van der Waals surface area contributed by atoms with Gasteiger partial charge in [0.1, 0.15) is 0 Å². The van der Waals surface area contributed by atoms with Crippen LogP contribution < -0.4 is 10.6 Å². The molecular weight excluding hydrogens is 322 g/mol. The van der Waals surface area contributed by atoms with Gasteiger partial charge in [0.2, 0.25) is 0 Å². The first-order chi connectivity index (χ1) is 9.70. The van der Waals surface area contributed by atoms with Gasteiger partial charge in [0.25, 0.3) is 0 Å². The van der Waals surface area contributed by atoms with Crippen LogP contribution in [0.15, 0.2) is 22.9 Å². The van der Waals surface area contributed by atoms with Gasteiger partial charge in [-0.25, -0.2) is 4.79 Å². The lowest BCUT2D eigenvalue weighted by atomic mass is 9.72. The van der Waals surface area contributed by atoms with Crippen molar-refractivity contribution < 1.29 is 9.53 Å². The summed E-state index contributed by atoms with van der Waals surface area (Å²) in [5.41, 5.74) is 0.555. The zero-order chi connectivity index (χ0) is 14.0. The Morgan fingerprint density at radius 1 is 1.45 bits per heavy atom. The Morgan fingerprint density at radius 3 is 2.90 bits per heavy atom. The summed E-state index contributed by atoms with van der Waals surface area (Å²) >= 11 is 3.37. The Balaban J connectivity index is 1.64. The number of hydrogen-bond donors (Lipinski definition) is 2. The van der Waals surface area contributed by atoms with Crippen LogP contribution in [0.2, 0.25) is 0 Å². The maximum absolute atomic E-state index is 12.2. The van der Waals surface area contributed by atoms with Crippen LogP contribution in [0.5, 0.6) is 0 Å². The summed E-state index contributed by atoms with van der Waals surface area (Å²) in [6.07, 6.45) is 8.77. The van der Waals surface area contributed by atoms with Gasteiger partial charge < -0.3 is 15.4 Å². The molecule has 6 heteroatoms. The number of nitrogens with one attached hydrogen (secondary N) is 2. The van der Waals surface area contributed by atoms with Crippen LogP contribution in [0, 0.1) is 0 Å². The fraction of sp³-hybridized carbons (Fsp3) is 0.571. The molecule has 3 rings (SSSR count). The topological polar surface area (TPSA) is 63.2 Å². The smallest absolute Gasteiger partial charge is 0.319 e. The number of anilines is 1. The summed E-state index contributed by atoms with van der Waals surface area (Å²) < 4.78 is 6.55. The zero-order valence-corrected chi connectivity index (χ0v) is 12.8. The lowest BCUT2D eigenvalue weighted by Gasteiger charge is -2.46. The van der Waals surface area contributed by atoms with Crippen LogP contribution >= 0.6 is 15.9 Å². The van der Waals surface area contributed by atoms with E-state index >= 15 is 0 Å². The normalized spacial score (nSPS) is 23.9. The maximum Gasteiger partial charge on any atom is 0.319 e. The van der Waals surface area contributed by atoms with Gasteiger partial charge >= 0.3 is 6.03 Å². The van der Waals surface area contributed by atoms with Gasteiger partial charge in [-0.15, -0.1) is 0 Å². The molecule has 1 aliphatic heterocycles. The van der Waals surface area contributed by atoms with E-state index in [4.69, 9.17) is 4.74 Å². The SMILES string of the molecule is O=C(Nc1ccncc1Br)NC1(C2CCCO2)CCC1. The predicted molar refractivity (Wildman–Crippen MR) is 79.6 cm³/mol. The summed E-state index contributed by atoms with van der Waals surface area (Å²) in [4.78, 5) is 16.2. The molecule has 1 unspecified atom stereocenters. The average Bonchev–Trinajstić information content (AvgIpc) is 2.91. The van der Waals surface area contributed by atoms with Crippen molar-refractivity contribution in [1.82, 2.24) is 10.3 Å². The number of hydrogen-bond acceptors (Lipinski definition) is 3. The molecule has 1 saturated carbocycles. The monoisotopic (exact) mass is 339 g/mol. The lowest BCUT2D eigenvalue weighted by molar-refractivity contribution is -0.00567. The van der Waals surface area contributed by atoms with E-state index < -0.39 is 0 Å². The molecule has 1 atom stereocenters. The molecule has 1 aromatic rings. The van der Waals surface area contributed by atoms with Gasteiger partial charge in [-0.2, -0.15) is 0 Å². The molecule has 1 saturated heterocycles. The zero-order valence-electron chi connectivity index (χ0n) is 11.2. The fourth-order valence-electron chi connectivity index (χ4n) is 2.95. The van der Waals surface area contributed by atoms with Crippen molar-refractivity contribution in [3.63, 3.8) is 0 Å². The van der Waals surface area contributed by atoms with Gasteiger partial charge in [0.15, 0.2) is 0 Å². The predicted octanol–water partition coefficient (Wildman–Crippen LogP) is 3.07.